The van der Waals surface area contributed by atoms with E-state index in [4.69, 9.17) is 9.48 Å². The Balaban J connectivity index is 2.12. The molecule has 4 rings (SSSR count). The minimum Gasteiger partial charge on any atom is -0.366 e. The summed E-state index contributed by atoms with van der Waals surface area (Å²) in [6, 6.07) is 40.5. The summed E-state index contributed by atoms with van der Waals surface area (Å²) >= 11 is 1.68. The van der Waals surface area contributed by atoms with Gasteiger partial charge in [-0.25, -0.2) is 0 Å². The number of hydrogen-bond acceptors (Lipinski definition) is 3. The molecule has 156 valence electrons. The molecule has 0 aromatic heterocycles. The third-order valence-corrected chi connectivity index (χ3v) is 9.79. The summed E-state index contributed by atoms with van der Waals surface area (Å²) in [5, 5.41) is 3.71. The molecular weight excluding hydrogens is 417 g/mol. The van der Waals surface area contributed by atoms with Crippen molar-refractivity contribution in [2.24, 2.45) is 4.74 Å². The van der Waals surface area contributed by atoms with Gasteiger partial charge in [-0.2, -0.15) is 0 Å². The highest BCUT2D eigenvalue weighted by atomic mass is 32.2. The standard InChI is InChI=1S/C27H26NOPS/c1-29-27(31-2)25-20-12-13-21-26(25)28-30(22-14-6-3-7-15-22,23-16-8-4-9-17-23)24-18-10-5-11-19-24/h3-21,27H,1-2H3. The molecule has 31 heavy (non-hydrogen) atoms. The van der Waals surface area contributed by atoms with Gasteiger partial charge in [0.1, 0.15) is 5.44 Å². The minimum absolute atomic E-state index is 0.0656. The van der Waals surface area contributed by atoms with Crippen molar-refractivity contribution in [3.8, 4) is 0 Å². The zero-order valence-corrected chi connectivity index (χ0v) is 19.5. The smallest absolute Gasteiger partial charge is 0.129 e. The first-order chi connectivity index (χ1) is 15.3. The van der Waals surface area contributed by atoms with Crippen LogP contribution in [0.4, 0.5) is 5.69 Å². The monoisotopic (exact) mass is 443 g/mol. The molecule has 0 radical (unpaired) electrons. The van der Waals surface area contributed by atoms with Crippen LogP contribution in [0.3, 0.4) is 0 Å². The first-order valence-electron chi connectivity index (χ1n) is 10.2. The van der Waals surface area contributed by atoms with Gasteiger partial charge in [0.25, 0.3) is 0 Å². The molecule has 0 fully saturated rings. The van der Waals surface area contributed by atoms with Gasteiger partial charge in [0.05, 0.1) is 12.7 Å². The second-order valence-electron chi connectivity index (χ2n) is 7.10. The molecule has 0 amide bonds. The predicted molar refractivity (Wildman–Crippen MR) is 137 cm³/mol. The first kappa shape index (κ1) is 21.6. The van der Waals surface area contributed by atoms with Gasteiger partial charge >= 0.3 is 0 Å². The lowest BCUT2D eigenvalue weighted by atomic mass is 10.2. The maximum atomic E-state index is 5.77. The number of thioether (sulfide) groups is 1. The lowest BCUT2D eigenvalue weighted by molar-refractivity contribution is 0.176. The van der Waals surface area contributed by atoms with Crippen LogP contribution >= 0.6 is 18.8 Å². The Hall–Kier alpha value is -2.58. The average Bonchev–Trinajstić information content (AvgIpc) is 2.86. The number of methoxy groups -OCH3 is 1. The summed E-state index contributed by atoms with van der Waals surface area (Å²) in [6.45, 7) is 0. The van der Waals surface area contributed by atoms with Gasteiger partial charge in [-0.3, -0.25) is 4.74 Å². The van der Waals surface area contributed by atoms with Crippen LogP contribution in [-0.4, -0.2) is 13.4 Å². The summed E-state index contributed by atoms with van der Waals surface area (Å²) in [5.74, 6) is 0. The third kappa shape index (κ3) is 4.41. The Morgan fingerprint density at radius 1 is 0.645 bits per heavy atom. The fraction of sp³-hybridized carbons (Fsp3) is 0.111. The lowest BCUT2D eigenvalue weighted by Crippen LogP contribution is -2.25. The molecule has 0 spiro atoms. The summed E-state index contributed by atoms with van der Waals surface area (Å²) < 4.78 is 11.4. The van der Waals surface area contributed by atoms with E-state index in [1.807, 2.05) is 0 Å². The van der Waals surface area contributed by atoms with Gasteiger partial charge in [0.15, 0.2) is 0 Å². The Morgan fingerprint density at radius 3 is 1.48 bits per heavy atom. The van der Waals surface area contributed by atoms with Crippen molar-refractivity contribution in [3.05, 3.63) is 121 Å². The highest BCUT2D eigenvalue weighted by Crippen LogP contribution is 2.50. The summed E-state index contributed by atoms with van der Waals surface area (Å²) in [6.07, 6.45) is 2.07. The number of nitrogens with zero attached hydrogens (tertiary/aromatic N) is 1. The van der Waals surface area contributed by atoms with Gasteiger partial charge in [-0.05, 0) is 12.3 Å². The van der Waals surface area contributed by atoms with Gasteiger partial charge in [-0.15, -0.1) is 11.8 Å². The van der Waals surface area contributed by atoms with Crippen LogP contribution in [-0.2, 0) is 4.74 Å². The van der Waals surface area contributed by atoms with E-state index in [0.29, 0.717) is 0 Å². The molecule has 4 aromatic rings. The topological polar surface area (TPSA) is 21.6 Å². The van der Waals surface area contributed by atoms with Crippen molar-refractivity contribution in [2.45, 2.75) is 5.44 Å². The molecule has 0 saturated carbocycles. The van der Waals surface area contributed by atoms with E-state index in [9.17, 15) is 0 Å². The van der Waals surface area contributed by atoms with E-state index in [2.05, 4.69) is 122 Å². The van der Waals surface area contributed by atoms with Gasteiger partial charge in [-0.1, -0.05) is 109 Å². The quantitative estimate of drug-likeness (QED) is 0.240. The van der Waals surface area contributed by atoms with E-state index in [1.54, 1.807) is 18.9 Å². The highest BCUT2D eigenvalue weighted by Gasteiger charge is 2.28. The van der Waals surface area contributed by atoms with E-state index < -0.39 is 7.05 Å². The predicted octanol–water partition coefficient (Wildman–Crippen LogP) is 6.50. The molecular formula is C27H26NOPS. The second kappa shape index (κ2) is 10.2. The van der Waals surface area contributed by atoms with Crippen molar-refractivity contribution >= 4 is 40.4 Å². The number of ether oxygens (including phenoxy) is 1. The molecule has 0 N–H and O–H groups in total. The zero-order chi connectivity index (χ0) is 21.5. The summed E-state index contributed by atoms with van der Waals surface area (Å²) in [5.41, 5.74) is 2.02. The van der Waals surface area contributed by atoms with Crippen LogP contribution in [0.15, 0.2) is 120 Å². The van der Waals surface area contributed by atoms with E-state index >= 15 is 0 Å². The maximum absolute atomic E-state index is 5.77. The molecule has 1 unspecified atom stereocenters. The Labute approximate surface area is 189 Å². The fourth-order valence-corrected chi connectivity index (χ4v) is 8.04. The molecule has 1 atom stereocenters. The van der Waals surface area contributed by atoms with E-state index in [1.165, 1.54) is 15.9 Å². The minimum atomic E-state index is -2.30. The maximum Gasteiger partial charge on any atom is 0.129 e. The zero-order valence-electron chi connectivity index (χ0n) is 17.8. The Morgan fingerprint density at radius 2 is 1.06 bits per heavy atom. The average molecular weight is 444 g/mol. The molecule has 0 saturated heterocycles. The van der Waals surface area contributed by atoms with Crippen molar-refractivity contribution in [2.75, 3.05) is 13.4 Å². The number of rotatable bonds is 7. The molecule has 2 nitrogen and oxygen atoms in total. The van der Waals surface area contributed by atoms with Gasteiger partial charge < -0.3 is 4.74 Å². The highest BCUT2D eigenvalue weighted by molar-refractivity contribution is 7.98. The molecule has 0 aliphatic carbocycles. The Kier molecular flexibility index (Phi) is 7.09. The molecule has 0 heterocycles. The van der Waals surface area contributed by atoms with Gasteiger partial charge in [0.2, 0.25) is 0 Å². The Bertz CT molecular complexity index is 1060. The van der Waals surface area contributed by atoms with Crippen molar-refractivity contribution in [1.82, 2.24) is 0 Å². The fourth-order valence-electron chi connectivity index (χ4n) is 3.84. The van der Waals surface area contributed by atoms with Crippen LogP contribution < -0.4 is 15.9 Å². The molecule has 4 heteroatoms. The van der Waals surface area contributed by atoms with E-state index in [-0.39, 0.29) is 5.44 Å². The molecule has 0 aliphatic rings. The third-order valence-electron chi connectivity index (χ3n) is 5.27. The SMILES string of the molecule is COC(SC)c1ccccc1N=P(c1ccccc1)(c1ccccc1)c1ccccc1. The van der Waals surface area contributed by atoms with Crippen LogP contribution in [0, 0.1) is 0 Å². The van der Waals surface area contributed by atoms with Gasteiger partial charge in [0, 0.05) is 28.6 Å². The van der Waals surface area contributed by atoms with E-state index in [0.717, 1.165) is 11.3 Å². The summed E-state index contributed by atoms with van der Waals surface area (Å²) in [4.78, 5) is 0. The first-order valence-corrected chi connectivity index (χ1v) is 13.3. The van der Waals surface area contributed by atoms with Crippen LogP contribution in [0.5, 0.6) is 0 Å². The van der Waals surface area contributed by atoms with Crippen LogP contribution in [0.25, 0.3) is 0 Å². The second-order valence-corrected chi connectivity index (χ2v) is 11.0. The molecule has 0 aliphatic heterocycles. The van der Waals surface area contributed by atoms with Crippen LogP contribution in [0.1, 0.15) is 11.0 Å². The van der Waals surface area contributed by atoms with Crippen molar-refractivity contribution < 1.29 is 4.74 Å². The van der Waals surface area contributed by atoms with Crippen molar-refractivity contribution in [3.63, 3.8) is 0 Å². The largest absolute Gasteiger partial charge is 0.366 e. The normalized spacial score (nSPS) is 12.3. The number of hydrogen-bond donors (Lipinski definition) is 0. The van der Waals surface area contributed by atoms with Crippen LogP contribution in [0.2, 0.25) is 0 Å². The lowest BCUT2D eigenvalue weighted by Gasteiger charge is -2.28. The molecule has 4 aromatic carbocycles. The van der Waals surface area contributed by atoms with Crippen molar-refractivity contribution in [1.29, 1.82) is 0 Å². The number of benzene rings is 4. The molecule has 0 bridgehead atoms. The summed E-state index contributed by atoms with van der Waals surface area (Å²) in [7, 11) is -0.547.